The highest BCUT2D eigenvalue weighted by molar-refractivity contribution is 14.0. The van der Waals surface area contributed by atoms with E-state index in [1.54, 1.807) is 0 Å². The maximum absolute atomic E-state index is 5.47. The lowest BCUT2D eigenvalue weighted by atomic mass is 10.0. The van der Waals surface area contributed by atoms with Crippen molar-refractivity contribution in [2.75, 3.05) is 65.6 Å². The SMILES string of the molecule is CCNC(=NCC(C)(C)N1CCOCC1)NCCCCN1CCCC1.I. The number of likely N-dealkylation sites (tertiary alicyclic amines) is 1. The van der Waals surface area contributed by atoms with Crippen LogP contribution in [0.2, 0.25) is 0 Å². The number of rotatable bonds is 9. The Kier molecular flexibility index (Phi) is 12.1. The van der Waals surface area contributed by atoms with Gasteiger partial charge in [-0.25, -0.2) is 0 Å². The van der Waals surface area contributed by atoms with Gasteiger partial charge in [0.15, 0.2) is 5.96 Å². The molecule has 0 radical (unpaired) electrons. The molecular weight excluding hydrogens is 441 g/mol. The van der Waals surface area contributed by atoms with E-state index in [0.29, 0.717) is 0 Å². The quantitative estimate of drug-likeness (QED) is 0.229. The Morgan fingerprint density at radius 3 is 2.38 bits per heavy atom. The van der Waals surface area contributed by atoms with Crippen molar-refractivity contribution in [1.29, 1.82) is 0 Å². The number of hydrogen-bond acceptors (Lipinski definition) is 4. The molecule has 2 rings (SSSR count). The summed E-state index contributed by atoms with van der Waals surface area (Å²) >= 11 is 0. The summed E-state index contributed by atoms with van der Waals surface area (Å²) in [7, 11) is 0. The molecule has 7 heteroatoms. The average Bonchev–Trinajstić information content (AvgIpc) is 3.13. The van der Waals surface area contributed by atoms with E-state index in [1.165, 1.54) is 45.3 Å². The number of nitrogens with zero attached hydrogens (tertiary/aromatic N) is 3. The van der Waals surface area contributed by atoms with Crippen LogP contribution in [0, 0.1) is 0 Å². The number of guanidine groups is 1. The number of halogens is 1. The smallest absolute Gasteiger partial charge is 0.191 e. The summed E-state index contributed by atoms with van der Waals surface area (Å²) in [5.74, 6) is 0.949. The largest absolute Gasteiger partial charge is 0.379 e. The van der Waals surface area contributed by atoms with Crippen molar-refractivity contribution in [3.8, 4) is 0 Å². The van der Waals surface area contributed by atoms with Crippen LogP contribution in [0.4, 0.5) is 0 Å². The first-order valence-corrected chi connectivity index (χ1v) is 10.2. The summed E-state index contributed by atoms with van der Waals surface area (Å²) in [5, 5.41) is 6.87. The number of hydrogen-bond donors (Lipinski definition) is 2. The molecule has 0 aliphatic carbocycles. The summed E-state index contributed by atoms with van der Waals surface area (Å²) in [5.41, 5.74) is 0.0713. The molecule has 0 aromatic rings. The highest BCUT2D eigenvalue weighted by Crippen LogP contribution is 2.16. The topological polar surface area (TPSA) is 52.1 Å². The van der Waals surface area contributed by atoms with Gasteiger partial charge in [-0.2, -0.15) is 0 Å². The van der Waals surface area contributed by atoms with Gasteiger partial charge in [-0.3, -0.25) is 9.89 Å². The lowest BCUT2D eigenvalue weighted by Crippen LogP contribution is -2.52. The van der Waals surface area contributed by atoms with Crippen molar-refractivity contribution in [1.82, 2.24) is 20.4 Å². The molecule has 0 bridgehead atoms. The van der Waals surface area contributed by atoms with Crippen molar-refractivity contribution in [3.05, 3.63) is 0 Å². The molecule has 0 aromatic carbocycles. The minimum absolute atomic E-state index is 0. The summed E-state index contributed by atoms with van der Waals surface area (Å²) in [6.07, 6.45) is 5.24. The zero-order valence-electron chi connectivity index (χ0n) is 17.1. The molecule has 2 aliphatic heterocycles. The molecule has 0 unspecified atom stereocenters. The van der Waals surface area contributed by atoms with Crippen LogP contribution < -0.4 is 10.6 Å². The maximum atomic E-state index is 5.47. The average molecular weight is 481 g/mol. The molecule has 0 aromatic heterocycles. The van der Waals surface area contributed by atoms with Gasteiger partial charge in [0.1, 0.15) is 0 Å². The fourth-order valence-electron chi connectivity index (χ4n) is 3.56. The number of unbranched alkanes of at least 4 members (excludes halogenated alkanes) is 1. The highest BCUT2D eigenvalue weighted by Gasteiger charge is 2.28. The first-order valence-electron chi connectivity index (χ1n) is 10.2. The van der Waals surface area contributed by atoms with Crippen molar-refractivity contribution >= 4 is 29.9 Å². The molecule has 0 atom stereocenters. The van der Waals surface area contributed by atoms with E-state index in [-0.39, 0.29) is 29.5 Å². The van der Waals surface area contributed by atoms with Crippen molar-refractivity contribution in [2.45, 2.75) is 52.0 Å². The van der Waals surface area contributed by atoms with Crippen LogP contribution in [-0.4, -0.2) is 86.9 Å². The van der Waals surface area contributed by atoms with Gasteiger partial charge in [-0.1, -0.05) is 0 Å². The van der Waals surface area contributed by atoms with Gasteiger partial charge in [0, 0.05) is 31.7 Å². The van der Waals surface area contributed by atoms with E-state index in [0.717, 1.165) is 51.9 Å². The van der Waals surface area contributed by atoms with Crippen LogP contribution in [-0.2, 0) is 4.74 Å². The molecule has 2 fully saturated rings. The lowest BCUT2D eigenvalue weighted by molar-refractivity contribution is -0.00683. The Bertz CT molecular complexity index is 393. The Labute approximate surface area is 177 Å². The molecular formula is C19H40IN5O. The predicted molar refractivity (Wildman–Crippen MR) is 121 cm³/mol. The van der Waals surface area contributed by atoms with Gasteiger partial charge < -0.3 is 20.3 Å². The maximum Gasteiger partial charge on any atom is 0.191 e. The van der Waals surface area contributed by atoms with Crippen LogP contribution in [0.1, 0.15) is 46.5 Å². The third kappa shape index (κ3) is 8.71. The van der Waals surface area contributed by atoms with E-state index in [4.69, 9.17) is 9.73 Å². The van der Waals surface area contributed by atoms with E-state index in [1.807, 2.05) is 0 Å². The van der Waals surface area contributed by atoms with Crippen LogP contribution >= 0.6 is 24.0 Å². The van der Waals surface area contributed by atoms with Crippen molar-refractivity contribution in [3.63, 3.8) is 0 Å². The van der Waals surface area contributed by atoms with Gasteiger partial charge in [0.05, 0.1) is 19.8 Å². The lowest BCUT2D eigenvalue weighted by Gasteiger charge is -2.39. The molecule has 2 aliphatic rings. The van der Waals surface area contributed by atoms with Gasteiger partial charge in [-0.15, -0.1) is 24.0 Å². The Morgan fingerprint density at radius 1 is 1.04 bits per heavy atom. The highest BCUT2D eigenvalue weighted by atomic mass is 127. The standard InChI is InChI=1S/C19H39N5O.HI/c1-4-20-18(21-9-5-6-10-23-11-7-8-12-23)22-17-19(2,3)24-13-15-25-16-14-24;/h4-17H2,1-3H3,(H2,20,21,22);1H. The van der Waals surface area contributed by atoms with Gasteiger partial charge >= 0.3 is 0 Å². The summed E-state index contributed by atoms with van der Waals surface area (Å²) in [6.45, 7) is 16.9. The van der Waals surface area contributed by atoms with Gasteiger partial charge in [0.2, 0.25) is 0 Å². The summed E-state index contributed by atoms with van der Waals surface area (Å²) < 4.78 is 5.47. The van der Waals surface area contributed by atoms with Crippen LogP contribution in [0.3, 0.4) is 0 Å². The Morgan fingerprint density at radius 2 is 1.73 bits per heavy atom. The number of ether oxygens (including phenoxy) is 1. The second kappa shape index (κ2) is 13.1. The number of morpholine rings is 1. The molecule has 6 nitrogen and oxygen atoms in total. The second-order valence-corrected chi connectivity index (χ2v) is 7.79. The van der Waals surface area contributed by atoms with Gasteiger partial charge in [0.25, 0.3) is 0 Å². The normalized spacial score (nSPS) is 20.0. The minimum atomic E-state index is 0. The van der Waals surface area contributed by atoms with E-state index < -0.39 is 0 Å². The first kappa shape index (κ1) is 23.9. The number of aliphatic imine (C=N–C) groups is 1. The zero-order valence-corrected chi connectivity index (χ0v) is 19.4. The third-order valence-corrected chi connectivity index (χ3v) is 5.23. The molecule has 0 saturated carbocycles. The van der Waals surface area contributed by atoms with E-state index in [9.17, 15) is 0 Å². The second-order valence-electron chi connectivity index (χ2n) is 7.79. The Balaban J connectivity index is 0.00000338. The molecule has 2 saturated heterocycles. The third-order valence-electron chi connectivity index (χ3n) is 5.23. The molecule has 2 N–H and O–H groups in total. The van der Waals surface area contributed by atoms with Crippen molar-refractivity contribution < 1.29 is 4.74 Å². The van der Waals surface area contributed by atoms with E-state index >= 15 is 0 Å². The molecule has 0 spiro atoms. The van der Waals surface area contributed by atoms with Gasteiger partial charge in [-0.05, 0) is 66.1 Å². The predicted octanol–water partition coefficient (Wildman–Crippen LogP) is 2.15. The molecule has 0 amide bonds. The minimum Gasteiger partial charge on any atom is -0.379 e. The summed E-state index contributed by atoms with van der Waals surface area (Å²) in [4.78, 5) is 9.91. The van der Waals surface area contributed by atoms with Crippen LogP contribution in [0.15, 0.2) is 4.99 Å². The number of nitrogens with one attached hydrogen (secondary N) is 2. The zero-order chi connectivity index (χ0) is 18.0. The van der Waals surface area contributed by atoms with Crippen molar-refractivity contribution in [2.24, 2.45) is 4.99 Å². The fourth-order valence-corrected chi connectivity index (χ4v) is 3.56. The monoisotopic (exact) mass is 481 g/mol. The molecule has 26 heavy (non-hydrogen) atoms. The molecule has 154 valence electrons. The van der Waals surface area contributed by atoms with E-state index in [2.05, 4.69) is 41.2 Å². The first-order chi connectivity index (χ1) is 12.1. The fraction of sp³-hybridized carbons (Fsp3) is 0.947. The van der Waals surface area contributed by atoms with Crippen LogP contribution in [0.25, 0.3) is 0 Å². The van der Waals surface area contributed by atoms with Crippen LogP contribution in [0.5, 0.6) is 0 Å². The molecule has 2 heterocycles. The summed E-state index contributed by atoms with van der Waals surface area (Å²) in [6, 6.07) is 0. The Hall–Kier alpha value is -0.120.